The van der Waals surface area contributed by atoms with Crippen molar-refractivity contribution < 1.29 is 14.4 Å². The molecule has 0 spiro atoms. The highest BCUT2D eigenvalue weighted by molar-refractivity contribution is 8.14. The highest BCUT2D eigenvalue weighted by atomic mass is 32.2. The molecule has 1 aromatic rings. The normalized spacial score (nSPS) is 26.3. The van der Waals surface area contributed by atoms with Crippen molar-refractivity contribution >= 4 is 28.8 Å². The van der Waals surface area contributed by atoms with E-state index < -0.39 is 12.1 Å². The number of carbonyl (C=O) groups excluding carboxylic acids is 3. The van der Waals surface area contributed by atoms with Gasteiger partial charge in [-0.05, 0) is 5.56 Å². The molecule has 3 amide bonds. The number of benzene rings is 1. The van der Waals surface area contributed by atoms with E-state index in [0.717, 1.165) is 22.2 Å². The molecule has 0 aromatic heterocycles. The number of hydrogen-bond donors (Lipinski definition) is 1. The third-order valence-electron chi connectivity index (χ3n) is 3.31. The third-order valence-corrected chi connectivity index (χ3v) is 4.24. The first-order valence-electron chi connectivity index (χ1n) is 6.01. The summed E-state index contributed by atoms with van der Waals surface area (Å²) in [4.78, 5) is 36.9. The maximum absolute atomic E-state index is 12.2. The van der Waals surface area contributed by atoms with E-state index in [-0.39, 0.29) is 17.1 Å². The molecular formula is C13H12N2O3S. The van der Waals surface area contributed by atoms with Crippen LogP contribution in [0.25, 0.3) is 0 Å². The zero-order valence-corrected chi connectivity index (χ0v) is 10.9. The number of thioether (sulfide) groups is 1. The Balaban J connectivity index is 1.82. The van der Waals surface area contributed by atoms with Gasteiger partial charge in [0.05, 0.1) is 0 Å². The Morgan fingerprint density at radius 2 is 1.95 bits per heavy atom. The summed E-state index contributed by atoms with van der Waals surface area (Å²) in [6.07, 6.45) is 0.409. The molecule has 0 aliphatic carbocycles. The standard InChI is InChI=1S/C13H12N2O3S/c16-11-10-7-19-13(18)15(10)12(17)9(14-11)6-8-4-2-1-3-5-8/h1-5,9-10H,6-7H2,(H,14,16). The fraction of sp³-hybridized carbons (Fsp3) is 0.308. The highest BCUT2D eigenvalue weighted by Gasteiger charge is 2.47. The summed E-state index contributed by atoms with van der Waals surface area (Å²) in [5, 5.41) is 2.39. The Hall–Kier alpha value is -1.82. The lowest BCUT2D eigenvalue weighted by Gasteiger charge is -2.32. The van der Waals surface area contributed by atoms with Crippen LogP contribution in [-0.4, -0.2) is 39.8 Å². The molecule has 2 heterocycles. The topological polar surface area (TPSA) is 66.5 Å². The van der Waals surface area contributed by atoms with E-state index in [2.05, 4.69) is 5.32 Å². The second-order valence-corrected chi connectivity index (χ2v) is 5.52. The van der Waals surface area contributed by atoms with Crippen molar-refractivity contribution in [1.29, 1.82) is 0 Å². The number of carbonyl (C=O) groups is 3. The van der Waals surface area contributed by atoms with Crippen LogP contribution in [0.4, 0.5) is 4.79 Å². The lowest BCUT2D eigenvalue weighted by molar-refractivity contribution is -0.143. The van der Waals surface area contributed by atoms with Crippen molar-refractivity contribution in [3.63, 3.8) is 0 Å². The van der Waals surface area contributed by atoms with Gasteiger partial charge in [0.1, 0.15) is 12.1 Å². The number of amides is 3. The molecule has 2 saturated heterocycles. The molecule has 6 heteroatoms. The number of imide groups is 1. The molecule has 19 heavy (non-hydrogen) atoms. The fourth-order valence-corrected chi connectivity index (χ4v) is 3.30. The maximum atomic E-state index is 12.2. The van der Waals surface area contributed by atoms with Gasteiger partial charge in [-0.1, -0.05) is 42.1 Å². The minimum Gasteiger partial charge on any atom is -0.342 e. The number of fused-ring (bicyclic) bond motifs is 1. The first-order chi connectivity index (χ1) is 9.16. The summed E-state index contributed by atoms with van der Waals surface area (Å²) in [5.41, 5.74) is 0.957. The van der Waals surface area contributed by atoms with Crippen LogP contribution < -0.4 is 5.32 Å². The number of rotatable bonds is 2. The van der Waals surface area contributed by atoms with Gasteiger partial charge in [-0.3, -0.25) is 19.3 Å². The van der Waals surface area contributed by atoms with E-state index >= 15 is 0 Å². The third kappa shape index (κ3) is 2.12. The van der Waals surface area contributed by atoms with Gasteiger partial charge in [0.2, 0.25) is 5.91 Å². The first-order valence-corrected chi connectivity index (χ1v) is 6.99. The van der Waals surface area contributed by atoms with Crippen LogP contribution in [0.1, 0.15) is 5.56 Å². The molecule has 0 radical (unpaired) electrons. The second kappa shape index (κ2) is 4.70. The van der Waals surface area contributed by atoms with E-state index in [1.54, 1.807) is 0 Å². The number of nitrogens with zero attached hydrogens (tertiary/aromatic N) is 1. The molecule has 0 bridgehead atoms. The Bertz CT molecular complexity index is 546. The van der Waals surface area contributed by atoms with Crippen LogP contribution in [-0.2, 0) is 16.0 Å². The zero-order chi connectivity index (χ0) is 13.4. The highest BCUT2D eigenvalue weighted by Crippen LogP contribution is 2.28. The van der Waals surface area contributed by atoms with E-state index in [1.807, 2.05) is 30.3 Å². The molecule has 5 nitrogen and oxygen atoms in total. The Morgan fingerprint density at radius 3 is 2.68 bits per heavy atom. The quantitative estimate of drug-likeness (QED) is 0.867. The van der Waals surface area contributed by atoms with Crippen molar-refractivity contribution in [3.8, 4) is 0 Å². The van der Waals surface area contributed by atoms with Gasteiger partial charge >= 0.3 is 0 Å². The van der Waals surface area contributed by atoms with Crippen molar-refractivity contribution in [1.82, 2.24) is 10.2 Å². The van der Waals surface area contributed by atoms with Crippen LogP contribution in [0.15, 0.2) is 30.3 Å². The van der Waals surface area contributed by atoms with Gasteiger partial charge in [0.15, 0.2) is 0 Å². The van der Waals surface area contributed by atoms with Crippen LogP contribution in [0.5, 0.6) is 0 Å². The SMILES string of the molecule is O=C1NC(Cc2ccccc2)C(=O)N2C(=O)SCC12. The van der Waals surface area contributed by atoms with Gasteiger partial charge < -0.3 is 5.32 Å². The summed E-state index contributed by atoms with van der Waals surface area (Å²) in [5.74, 6) is -0.184. The lowest BCUT2D eigenvalue weighted by atomic mass is 10.0. The molecular weight excluding hydrogens is 264 g/mol. The van der Waals surface area contributed by atoms with Crippen molar-refractivity contribution in [2.24, 2.45) is 0 Å². The smallest absolute Gasteiger partial charge is 0.289 e. The van der Waals surface area contributed by atoms with Gasteiger partial charge in [0.25, 0.3) is 11.1 Å². The molecule has 2 aliphatic rings. The summed E-state index contributed by atoms with van der Waals surface area (Å²) in [6, 6.07) is 8.17. The van der Waals surface area contributed by atoms with Gasteiger partial charge in [-0.25, -0.2) is 0 Å². The van der Waals surface area contributed by atoms with E-state index in [9.17, 15) is 14.4 Å². The molecule has 2 fully saturated rings. The van der Waals surface area contributed by atoms with Gasteiger partial charge in [-0.15, -0.1) is 0 Å². The molecule has 2 aliphatic heterocycles. The van der Waals surface area contributed by atoms with Gasteiger partial charge in [-0.2, -0.15) is 0 Å². The maximum Gasteiger partial charge on any atom is 0.289 e. The van der Waals surface area contributed by atoms with Crippen LogP contribution in [0.3, 0.4) is 0 Å². The van der Waals surface area contributed by atoms with Crippen molar-refractivity contribution in [2.45, 2.75) is 18.5 Å². The average Bonchev–Trinajstić information content (AvgIpc) is 2.80. The van der Waals surface area contributed by atoms with Gasteiger partial charge in [0, 0.05) is 12.2 Å². The van der Waals surface area contributed by atoms with Crippen molar-refractivity contribution in [2.75, 3.05) is 5.75 Å². The molecule has 3 rings (SSSR count). The number of hydrogen-bond acceptors (Lipinski definition) is 4. The van der Waals surface area contributed by atoms with Crippen LogP contribution >= 0.6 is 11.8 Å². The monoisotopic (exact) mass is 276 g/mol. The predicted octanol–water partition coefficient (Wildman–Crippen LogP) is 0.791. The lowest BCUT2D eigenvalue weighted by Crippen LogP contribution is -2.63. The first kappa shape index (κ1) is 12.2. The van der Waals surface area contributed by atoms with E-state index in [1.165, 1.54) is 0 Å². The molecule has 1 N–H and O–H groups in total. The van der Waals surface area contributed by atoms with E-state index in [4.69, 9.17) is 0 Å². The predicted molar refractivity (Wildman–Crippen MR) is 70.6 cm³/mol. The summed E-state index contributed by atoms with van der Waals surface area (Å²) in [6.45, 7) is 0. The van der Waals surface area contributed by atoms with Crippen LogP contribution in [0, 0.1) is 0 Å². The average molecular weight is 276 g/mol. The minimum absolute atomic E-state index is 0.237. The van der Waals surface area contributed by atoms with E-state index in [0.29, 0.717) is 12.2 Å². The Labute approximate surface area is 114 Å². The number of piperazine rings is 1. The second-order valence-electron chi connectivity index (χ2n) is 4.55. The minimum atomic E-state index is -0.645. The molecule has 0 saturated carbocycles. The van der Waals surface area contributed by atoms with Crippen molar-refractivity contribution in [3.05, 3.63) is 35.9 Å². The molecule has 98 valence electrons. The summed E-state index contributed by atoms with van der Waals surface area (Å²) < 4.78 is 0. The molecule has 1 aromatic carbocycles. The Kier molecular flexibility index (Phi) is 3.02. The largest absolute Gasteiger partial charge is 0.342 e. The fourth-order valence-electron chi connectivity index (χ4n) is 2.34. The summed E-state index contributed by atoms with van der Waals surface area (Å²) in [7, 11) is 0. The number of nitrogens with one attached hydrogen (secondary N) is 1. The Morgan fingerprint density at radius 1 is 1.21 bits per heavy atom. The van der Waals surface area contributed by atoms with Crippen LogP contribution in [0.2, 0.25) is 0 Å². The molecule has 2 atom stereocenters. The zero-order valence-electron chi connectivity index (χ0n) is 10.0. The summed E-state index contributed by atoms with van der Waals surface area (Å²) >= 11 is 1.02. The molecule has 2 unspecified atom stereocenters.